The maximum absolute atomic E-state index is 12.9. The number of nitrogens with two attached hydrogens (primary N) is 1. The van der Waals surface area contributed by atoms with Crippen molar-refractivity contribution in [2.45, 2.75) is 12.7 Å². The molecule has 0 aliphatic rings. The first kappa shape index (κ1) is 14.7. The number of nitrogen functional groups attached to an aromatic ring is 1. The minimum Gasteiger partial charge on any atom is -0.399 e. The number of nitrogens with zero attached hydrogens (tertiary/aromatic N) is 1. The van der Waals surface area contributed by atoms with E-state index in [9.17, 15) is 13.2 Å². The van der Waals surface area contributed by atoms with Crippen LogP contribution in [0.5, 0.6) is 0 Å². The first-order valence-electron chi connectivity index (χ1n) is 6.10. The summed E-state index contributed by atoms with van der Waals surface area (Å²) in [6, 6.07) is 12.3. The number of nitriles is 1. The van der Waals surface area contributed by atoms with Crippen LogP contribution in [-0.2, 0) is 12.7 Å². The third-order valence-electron chi connectivity index (χ3n) is 2.89. The van der Waals surface area contributed by atoms with Gasteiger partial charge in [-0.1, -0.05) is 12.1 Å². The molecule has 0 radical (unpaired) electrons. The number of halogens is 3. The van der Waals surface area contributed by atoms with Gasteiger partial charge in [-0.15, -0.1) is 0 Å². The minimum atomic E-state index is -4.48. The van der Waals surface area contributed by atoms with Gasteiger partial charge >= 0.3 is 6.18 Å². The molecule has 0 spiro atoms. The Balaban J connectivity index is 2.22. The fourth-order valence-electron chi connectivity index (χ4n) is 1.90. The third kappa shape index (κ3) is 3.66. The van der Waals surface area contributed by atoms with E-state index >= 15 is 0 Å². The molecule has 0 saturated heterocycles. The van der Waals surface area contributed by atoms with E-state index in [0.717, 1.165) is 11.6 Å². The monoisotopic (exact) mass is 291 g/mol. The first-order chi connectivity index (χ1) is 9.90. The van der Waals surface area contributed by atoms with E-state index in [4.69, 9.17) is 11.0 Å². The van der Waals surface area contributed by atoms with E-state index in [1.807, 2.05) is 6.07 Å². The highest BCUT2D eigenvalue weighted by Crippen LogP contribution is 2.36. The van der Waals surface area contributed by atoms with E-state index in [-0.39, 0.29) is 17.9 Å². The molecule has 3 N–H and O–H groups in total. The zero-order chi connectivity index (χ0) is 15.5. The van der Waals surface area contributed by atoms with Gasteiger partial charge in [0.1, 0.15) is 0 Å². The zero-order valence-corrected chi connectivity index (χ0v) is 10.9. The molecule has 3 nitrogen and oxygen atoms in total. The van der Waals surface area contributed by atoms with Crippen LogP contribution in [0.1, 0.15) is 16.7 Å². The van der Waals surface area contributed by atoms with Gasteiger partial charge in [-0.25, -0.2) is 0 Å². The summed E-state index contributed by atoms with van der Waals surface area (Å²) in [6.45, 7) is 0.183. The number of anilines is 2. The molecule has 0 aromatic heterocycles. The first-order valence-corrected chi connectivity index (χ1v) is 6.10. The maximum atomic E-state index is 12.9. The Morgan fingerprint density at radius 3 is 2.57 bits per heavy atom. The molecule has 0 amide bonds. The number of alkyl halides is 3. The lowest BCUT2D eigenvalue weighted by Gasteiger charge is -2.15. The van der Waals surface area contributed by atoms with Crippen molar-refractivity contribution in [3.63, 3.8) is 0 Å². The molecule has 0 aliphatic carbocycles. The normalized spacial score (nSPS) is 11.0. The van der Waals surface area contributed by atoms with Crippen molar-refractivity contribution in [3.05, 3.63) is 59.2 Å². The Kier molecular flexibility index (Phi) is 4.03. The van der Waals surface area contributed by atoms with Gasteiger partial charge in [-0.2, -0.15) is 18.4 Å². The van der Waals surface area contributed by atoms with Crippen molar-refractivity contribution in [1.82, 2.24) is 0 Å². The van der Waals surface area contributed by atoms with E-state index in [1.54, 1.807) is 24.3 Å². The van der Waals surface area contributed by atoms with Gasteiger partial charge < -0.3 is 11.1 Å². The average molecular weight is 291 g/mol. The van der Waals surface area contributed by atoms with Crippen molar-refractivity contribution in [1.29, 1.82) is 5.26 Å². The Labute approximate surface area is 119 Å². The molecule has 0 fully saturated rings. The van der Waals surface area contributed by atoms with Gasteiger partial charge in [0.05, 0.1) is 17.2 Å². The smallest absolute Gasteiger partial charge is 0.399 e. The van der Waals surface area contributed by atoms with Gasteiger partial charge in [0, 0.05) is 17.9 Å². The fraction of sp³-hybridized carbons (Fsp3) is 0.133. The number of nitrogens with one attached hydrogen (secondary N) is 1. The summed E-state index contributed by atoms with van der Waals surface area (Å²) in [4.78, 5) is 0. The number of rotatable bonds is 3. The molecule has 0 heterocycles. The van der Waals surface area contributed by atoms with Crippen molar-refractivity contribution in [2.75, 3.05) is 11.1 Å². The molecule has 21 heavy (non-hydrogen) atoms. The van der Waals surface area contributed by atoms with Crippen LogP contribution in [0.15, 0.2) is 42.5 Å². The Morgan fingerprint density at radius 1 is 1.14 bits per heavy atom. The second kappa shape index (κ2) is 5.75. The van der Waals surface area contributed by atoms with Crippen LogP contribution in [-0.4, -0.2) is 0 Å². The number of hydrogen-bond donors (Lipinski definition) is 2. The standard InChI is InChI=1S/C15H12F3N3/c16-15(17,18)13-7-12(20)4-5-14(13)21-9-11-3-1-2-10(6-11)8-19/h1-7,21H,9,20H2. The topological polar surface area (TPSA) is 61.8 Å². The lowest BCUT2D eigenvalue weighted by Crippen LogP contribution is -2.11. The second-order valence-electron chi connectivity index (χ2n) is 4.47. The molecule has 0 saturated carbocycles. The summed E-state index contributed by atoms with van der Waals surface area (Å²) in [5, 5.41) is 11.5. The number of hydrogen-bond acceptors (Lipinski definition) is 3. The maximum Gasteiger partial charge on any atom is 0.418 e. The summed E-state index contributed by atoms with van der Waals surface area (Å²) < 4.78 is 38.8. The molecular formula is C15H12F3N3. The minimum absolute atomic E-state index is 0.0425. The largest absolute Gasteiger partial charge is 0.418 e. The molecule has 0 bridgehead atoms. The zero-order valence-electron chi connectivity index (χ0n) is 10.9. The highest BCUT2D eigenvalue weighted by Gasteiger charge is 2.33. The van der Waals surface area contributed by atoms with Gasteiger partial charge in [0.15, 0.2) is 0 Å². The molecule has 2 aromatic rings. The van der Waals surface area contributed by atoms with Crippen molar-refractivity contribution >= 4 is 11.4 Å². The van der Waals surface area contributed by atoms with Crippen LogP contribution in [0, 0.1) is 11.3 Å². The summed E-state index contributed by atoms with van der Waals surface area (Å²) in [7, 11) is 0. The van der Waals surface area contributed by atoms with E-state index in [2.05, 4.69) is 5.32 Å². The number of benzene rings is 2. The highest BCUT2D eigenvalue weighted by molar-refractivity contribution is 5.59. The molecule has 108 valence electrons. The van der Waals surface area contributed by atoms with Crippen molar-refractivity contribution < 1.29 is 13.2 Å². The van der Waals surface area contributed by atoms with Gasteiger partial charge in [0.25, 0.3) is 0 Å². The van der Waals surface area contributed by atoms with Crippen LogP contribution in [0.4, 0.5) is 24.5 Å². The predicted octanol–water partition coefficient (Wildman–Crippen LogP) is 3.77. The highest BCUT2D eigenvalue weighted by atomic mass is 19.4. The molecule has 6 heteroatoms. The van der Waals surface area contributed by atoms with E-state index in [0.29, 0.717) is 5.56 Å². The van der Waals surface area contributed by atoms with Crippen molar-refractivity contribution in [3.8, 4) is 6.07 Å². The van der Waals surface area contributed by atoms with Crippen LogP contribution in [0.25, 0.3) is 0 Å². The van der Waals surface area contributed by atoms with Gasteiger partial charge in [0.2, 0.25) is 0 Å². The Morgan fingerprint density at radius 2 is 1.90 bits per heavy atom. The Hall–Kier alpha value is -2.68. The SMILES string of the molecule is N#Cc1cccc(CNc2ccc(N)cc2C(F)(F)F)c1. The summed E-state index contributed by atoms with van der Waals surface area (Å²) in [5.74, 6) is 0. The molecular weight excluding hydrogens is 279 g/mol. The molecule has 0 aliphatic heterocycles. The molecule has 0 unspecified atom stereocenters. The predicted molar refractivity (Wildman–Crippen MR) is 74.3 cm³/mol. The summed E-state index contributed by atoms with van der Waals surface area (Å²) in [5.41, 5.74) is 5.79. The Bertz CT molecular complexity index is 687. The van der Waals surface area contributed by atoms with E-state index < -0.39 is 11.7 Å². The van der Waals surface area contributed by atoms with Crippen LogP contribution in [0.3, 0.4) is 0 Å². The second-order valence-corrected chi connectivity index (χ2v) is 4.47. The summed E-state index contributed by atoms with van der Waals surface area (Å²) >= 11 is 0. The van der Waals surface area contributed by atoms with Gasteiger partial charge in [-0.05, 0) is 35.9 Å². The lowest BCUT2D eigenvalue weighted by atomic mass is 10.1. The van der Waals surface area contributed by atoms with Gasteiger partial charge in [-0.3, -0.25) is 0 Å². The quantitative estimate of drug-likeness (QED) is 0.846. The lowest BCUT2D eigenvalue weighted by molar-refractivity contribution is -0.136. The molecule has 2 aromatic carbocycles. The van der Waals surface area contributed by atoms with E-state index in [1.165, 1.54) is 12.1 Å². The van der Waals surface area contributed by atoms with Crippen molar-refractivity contribution in [2.24, 2.45) is 0 Å². The van der Waals surface area contributed by atoms with Crippen LogP contribution < -0.4 is 11.1 Å². The fourth-order valence-corrected chi connectivity index (χ4v) is 1.90. The van der Waals surface area contributed by atoms with Crippen LogP contribution in [0.2, 0.25) is 0 Å². The van der Waals surface area contributed by atoms with Crippen LogP contribution >= 0.6 is 0 Å². The average Bonchev–Trinajstić information content (AvgIpc) is 2.45. The summed E-state index contributed by atoms with van der Waals surface area (Å²) in [6.07, 6.45) is -4.48. The molecule has 0 atom stereocenters. The third-order valence-corrected chi connectivity index (χ3v) is 2.89. The molecule has 2 rings (SSSR count).